The fraction of sp³-hybridized carbons (Fsp3) is 0.0833. The molecular weight excluding hydrogens is 300 g/mol. The van der Waals surface area contributed by atoms with Gasteiger partial charge in [-0.3, -0.25) is 20.2 Å². The molecule has 2 aromatic rings. The Morgan fingerprint density at radius 3 is 2.57 bits per heavy atom. The van der Waals surface area contributed by atoms with Gasteiger partial charge in [0, 0.05) is 24.7 Å². The minimum absolute atomic E-state index is 0.0130. The van der Waals surface area contributed by atoms with Gasteiger partial charge in [0.15, 0.2) is 0 Å². The summed E-state index contributed by atoms with van der Waals surface area (Å²) in [5, 5.41) is 24.4. The molecule has 0 unspecified atom stereocenters. The molecule has 1 aromatic heterocycles. The monoisotopic (exact) mass is 308 g/mol. The van der Waals surface area contributed by atoms with Gasteiger partial charge in [0.25, 0.3) is 5.69 Å². The van der Waals surface area contributed by atoms with Crippen molar-refractivity contribution in [2.45, 2.75) is 6.54 Å². The van der Waals surface area contributed by atoms with Crippen molar-refractivity contribution in [3.05, 3.63) is 67.3 Å². The number of anilines is 1. The summed E-state index contributed by atoms with van der Waals surface area (Å²) >= 11 is 5.71. The second-order valence-electron chi connectivity index (χ2n) is 4.04. The van der Waals surface area contributed by atoms with Gasteiger partial charge in [0.05, 0.1) is 9.85 Å². The van der Waals surface area contributed by atoms with Crippen LogP contribution in [0.3, 0.4) is 0 Å². The smallest absolute Gasteiger partial charge is 0.311 e. The van der Waals surface area contributed by atoms with Crippen LogP contribution in [0, 0.1) is 20.2 Å². The summed E-state index contributed by atoms with van der Waals surface area (Å²) in [4.78, 5) is 24.3. The van der Waals surface area contributed by atoms with E-state index in [0.717, 1.165) is 0 Å². The molecule has 0 saturated carbocycles. The number of nitrogens with one attached hydrogen (secondary N) is 1. The van der Waals surface area contributed by atoms with Crippen LogP contribution in [0.4, 0.5) is 17.2 Å². The quantitative estimate of drug-likeness (QED) is 0.516. The van der Waals surface area contributed by atoms with Crippen LogP contribution in [0.2, 0.25) is 5.15 Å². The Morgan fingerprint density at radius 2 is 1.90 bits per heavy atom. The van der Waals surface area contributed by atoms with E-state index in [-0.39, 0.29) is 28.9 Å². The Morgan fingerprint density at radius 1 is 1.14 bits per heavy atom. The van der Waals surface area contributed by atoms with Gasteiger partial charge in [-0.15, -0.1) is 0 Å². The maximum atomic E-state index is 10.9. The predicted molar refractivity (Wildman–Crippen MR) is 76.3 cm³/mol. The molecule has 21 heavy (non-hydrogen) atoms. The number of hydrogen-bond acceptors (Lipinski definition) is 6. The number of nitro benzene ring substituents is 1. The number of benzene rings is 1. The van der Waals surface area contributed by atoms with Crippen molar-refractivity contribution in [3.8, 4) is 0 Å². The SMILES string of the molecule is O=[N+]([O-])c1cccc(CNc2nc(Cl)ccc2[N+](=O)[O-])c1. The molecule has 1 heterocycles. The Balaban J connectivity index is 2.20. The average Bonchev–Trinajstić information content (AvgIpc) is 2.45. The number of nitro groups is 2. The molecule has 9 heteroatoms. The Labute approximate surface area is 123 Å². The summed E-state index contributed by atoms with van der Waals surface area (Å²) in [7, 11) is 0. The van der Waals surface area contributed by atoms with E-state index in [0.29, 0.717) is 5.56 Å². The minimum atomic E-state index is -0.584. The number of halogens is 1. The van der Waals surface area contributed by atoms with Gasteiger partial charge >= 0.3 is 5.69 Å². The van der Waals surface area contributed by atoms with Gasteiger partial charge in [-0.2, -0.15) is 0 Å². The number of rotatable bonds is 5. The Kier molecular flexibility index (Phi) is 4.29. The largest absolute Gasteiger partial charge is 0.360 e. The highest BCUT2D eigenvalue weighted by molar-refractivity contribution is 6.29. The lowest BCUT2D eigenvalue weighted by molar-refractivity contribution is -0.384. The van der Waals surface area contributed by atoms with E-state index >= 15 is 0 Å². The highest BCUT2D eigenvalue weighted by Gasteiger charge is 2.15. The van der Waals surface area contributed by atoms with Crippen molar-refractivity contribution >= 4 is 28.8 Å². The molecule has 0 aliphatic rings. The zero-order valence-electron chi connectivity index (χ0n) is 10.5. The zero-order valence-corrected chi connectivity index (χ0v) is 11.3. The Hall–Kier alpha value is -2.74. The number of nitrogens with zero attached hydrogens (tertiary/aromatic N) is 3. The van der Waals surface area contributed by atoms with E-state index in [1.807, 2.05) is 0 Å². The third-order valence-electron chi connectivity index (χ3n) is 2.62. The van der Waals surface area contributed by atoms with E-state index in [4.69, 9.17) is 11.6 Å². The first-order chi connectivity index (χ1) is 9.97. The summed E-state index contributed by atoms with van der Waals surface area (Å²) in [6.07, 6.45) is 0. The number of hydrogen-bond donors (Lipinski definition) is 1. The molecule has 0 radical (unpaired) electrons. The first-order valence-electron chi connectivity index (χ1n) is 5.75. The molecule has 2 rings (SSSR count). The highest BCUT2D eigenvalue weighted by Crippen LogP contribution is 2.24. The summed E-state index contributed by atoms with van der Waals surface area (Å²) in [6, 6.07) is 8.50. The zero-order chi connectivity index (χ0) is 15.4. The van der Waals surface area contributed by atoms with Crippen LogP contribution >= 0.6 is 11.6 Å². The van der Waals surface area contributed by atoms with Gasteiger partial charge in [-0.1, -0.05) is 23.7 Å². The maximum Gasteiger partial charge on any atom is 0.311 e. The Bertz CT molecular complexity index is 707. The van der Waals surface area contributed by atoms with Crippen molar-refractivity contribution in [1.29, 1.82) is 0 Å². The van der Waals surface area contributed by atoms with Crippen LogP contribution in [0.15, 0.2) is 36.4 Å². The standard InChI is InChI=1S/C12H9ClN4O4/c13-11-5-4-10(17(20)21)12(15-11)14-7-8-2-1-3-9(6-8)16(18)19/h1-6H,7H2,(H,14,15). The number of non-ortho nitro benzene ring substituents is 1. The molecule has 1 aromatic carbocycles. The first-order valence-corrected chi connectivity index (χ1v) is 6.13. The van der Waals surface area contributed by atoms with Crippen molar-refractivity contribution in [2.24, 2.45) is 0 Å². The van der Waals surface area contributed by atoms with Gasteiger partial charge in [-0.05, 0) is 11.6 Å². The topological polar surface area (TPSA) is 111 Å². The molecule has 0 atom stereocenters. The summed E-state index contributed by atoms with van der Waals surface area (Å²) in [5.41, 5.74) is 0.327. The molecule has 0 aliphatic heterocycles. The van der Waals surface area contributed by atoms with Crippen LogP contribution in [0.1, 0.15) is 5.56 Å². The van der Waals surface area contributed by atoms with Crippen LogP contribution in [0.5, 0.6) is 0 Å². The first kappa shape index (κ1) is 14.7. The normalized spacial score (nSPS) is 10.1. The molecule has 0 bridgehead atoms. The maximum absolute atomic E-state index is 10.9. The van der Waals surface area contributed by atoms with Crippen LogP contribution < -0.4 is 5.32 Å². The van der Waals surface area contributed by atoms with Crippen molar-refractivity contribution in [2.75, 3.05) is 5.32 Å². The highest BCUT2D eigenvalue weighted by atomic mass is 35.5. The van der Waals surface area contributed by atoms with E-state index in [1.54, 1.807) is 6.07 Å². The number of aromatic nitrogens is 1. The molecule has 0 spiro atoms. The number of pyridine rings is 1. The lowest BCUT2D eigenvalue weighted by Crippen LogP contribution is -2.05. The van der Waals surface area contributed by atoms with E-state index < -0.39 is 9.85 Å². The van der Waals surface area contributed by atoms with Gasteiger partial charge in [0.1, 0.15) is 5.15 Å². The van der Waals surface area contributed by atoms with Crippen LogP contribution in [-0.4, -0.2) is 14.8 Å². The fourth-order valence-corrected chi connectivity index (χ4v) is 1.82. The van der Waals surface area contributed by atoms with E-state index in [2.05, 4.69) is 10.3 Å². The molecule has 0 fully saturated rings. The van der Waals surface area contributed by atoms with Crippen LogP contribution in [0.25, 0.3) is 0 Å². The second-order valence-corrected chi connectivity index (χ2v) is 4.43. The minimum Gasteiger partial charge on any atom is -0.360 e. The average molecular weight is 309 g/mol. The third kappa shape index (κ3) is 3.63. The summed E-state index contributed by atoms with van der Waals surface area (Å²) in [6.45, 7) is 0.149. The van der Waals surface area contributed by atoms with Gasteiger partial charge < -0.3 is 5.32 Å². The second kappa shape index (κ2) is 6.14. The van der Waals surface area contributed by atoms with Gasteiger partial charge in [-0.25, -0.2) is 4.98 Å². The molecular formula is C12H9ClN4O4. The van der Waals surface area contributed by atoms with Gasteiger partial charge in [0.2, 0.25) is 5.82 Å². The predicted octanol–water partition coefficient (Wildman–Crippen LogP) is 3.16. The molecule has 8 nitrogen and oxygen atoms in total. The molecule has 0 amide bonds. The van der Waals surface area contributed by atoms with Crippen molar-refractivity contribution in [1.82, 2.24) is 4.98 Å². The third-order valence-corrected chi connectivity index (χ3v) is 2.83. The fourth-order valence-electron chi connectivity index (χ4n) is 1.67. The van der Waals surface area contributed by atoms with Crippen molar-refractivity contribution in [3.63, 3.8) is 0 Å². The molecule has 1 N–H and O–H groups in total. The summed E-state index contributed by atoms with van der Waals surface area (Å²) < 4.78 is 0. The van der Waals surface area contributed by atoms with Crippen LogP contribution in [-0.2, 0) is 6.54 Å². The lowest BCUT2D eigenvalue weighted by Gasteiger charge is -2.06. The molecule has 108 valence electrons. The van der Waals surface area contributed by atoms with E-state index in [9.17, 15) is 20.2 Å². The lowest BCUT2D eigenvalue weighted by atomic mass is 10.2. The summed E-state index contributed by atoms with van der Waals surface area (Å²) in [5.74, 6) is 0.0130. The molecule has 0 saturated heterocycles. The van der Waals surface area contributed by atoms with E-state index in [1.165, 1.54) is 30.3 Å². The van der Waals surface area contributed by atoms with Crippen molar-refractivity contribution < 1.29 is 9.85 Å². The molecule has 0 aliphatic carbocycles.